The Morgan fingerprint density at radius 1 is 1.37 bits per heavy atom. The lowest BCUT2D eigenvalue weighted by Gasteiger charge is -2.25. The smallest absolute Gasteiger partial charge is 0.252 e. The van der Waals surface area contributed by atoms with E-state index in [-0.39, 0.29) is 18.0 Å². The fourth-order valence-electron chi connectivity index (χ4n) is 1.49. The number of aromatic nitrogens is 1. The van der Waals surface area contributed by atoms with Crippen LogP contribution in [0.2, 0.25) is 0 Å². The van der Waals surface area contributed by atoms with Crippen LogP contribution in [0.4, 0.5) is 0 Å². The van der Waals surface area contributed by atoms with Crippen LogP contribution >= 0.6 is 0 Å². The van der Waals surface area contributed by atoms with Crippen molar-refractivity contribution in [3.05, 3.63) is 34.2 Å². The van der Waals surface area contributed by atoms with Crippen LogP contribution in [0.25, 0.3) is 0 Å². The van der Waals surface area contributed by atoms with Gasteiger partial charge in [0.1, 0.15) is 0 Å². The molecule has 3 N–H and O–H groups in total. The molecule has 0 fully saturated rings. The fraction of sp³-hybridized carbons (Fsp3) is 0.455. The molecule has 0 saturated carbocycles. The van der Waals surface area contributed by atoms with E-state index in [1.807, 2.05) is 0 Å². The van der Waals surface area contributed by atoms with E-state index in [9.17, 15) is 18.0 Å². The minimum absolute atomic E-state index is 0.123. The van der Waals surface area contributed by atoms with Crippen molar-refractivity contribution in [1.29, 1.82) is 0 Å². The highest BCUT2D eigenvalue weighted by Crippen LogP contribution is 2.03. The summed E-state index contributed by atoms with van der Waals surface area (Å²) in [5, 5.41) is 2.59. The Hall–Kier alpha value is -1.67. The van der Waals surface area contributed by atoms with E-state index in [0.717, 1.165) is 6.26 Å². The average Bonchev–Trinajstić information content (AvgIpc) is 2.24. The highest BCUT2D eigenvalue weighted by atomic mass is 32.2. The maximum atomic E-state index is 11.8. The number of pyridine rings is 1. The molecule has 8 heteroatoms. The molecule has 0 atom stereocenters. The summed E-state index contributed by atoms with van der Waals surface area (Å²) < 4.78 is 24.7. The molecule has 1 aromatic rings. The third-order valence-electron chi connectivity index (χ3n) is 2.20. The van der Waals surface area contributed by atoms with E-state index in [2.05, 4.69) is 15.0 Å². The van der Waals surface area contributed by atoms with Crippen molar-refractivity contribution >= 4 is 15.9 Å². The molecule has 0 aliphatic carbocycles. The number of aromatic amines is 1. The third kappa shape index (κ3) is 5.66. The first-order valence-electron chi connectivity index (χ1n) is 5.55. The summed E-state index contributed by atoms with van der Waals surface area (Å²) in [5.41, 5.74) is -0.795. The van der Waals surface area contributed by atoms with Crippen LogP contribution in [0.1, 0.15) is 24.2 Å². The second-order valence-electron chi connectivity index (χ2n) is 4.88. The summed E-state index contributed by atoms with van der Waals surface area (Å²) in [6.07, 6.45) is 2.35. The monoisotopic (exact) mass is 287 g/mol. The molecule has 1 amide bonds. The van der Waals surface area contributed by atoms with Gasteiger partial charge >= 0.3 is 0 Å². The molecule has 1 aromatic heterocycles. The van der Waals surface area contributed by atoms with E-state index < -0.39 is 15.6 Å². The fourth-order valence-corrected chi connectivity index (χ4v) is 2.57. The maximum Gasteiger partial charge on any atom is 0.252 e. The number of rotatable bonds is 5. The lowest BCUT2D eigenvalue weighted by Crippen LogP contribution is -2.51. The van der Waals surface area contributed by atoms with E-state index in [1.54, 1.807) is 13.8 Å². The van der Waals surface area contributed by atoms with Gasteiger partial charge in [0.15, 0.2) is 0 Å². The molecule has 0 aliphatic heterocycles. The van der Waals surface area contributed by atoms with Crippen LogP contribution in [-0.4, -0.2) is 37.6 Å². The van der Waals surface area contributed by atoms with E-state index >= 15 is 0 Å². The topological polar surface area (TPSA) is 108 Å². The lowest BCUT2D eigenvalue weighted by atomic mass is 10.1. The minimum atomic E-state index is -3.35. The van der Waals surface area contributed by atoms with Crippen molar-refractivity contribution in [3.63, 3.8) is 0 Å². The number of hydrogen-bond donors (Lipinski definition) is 3. The Morgan fingerprint density at radius 2 is 2.00 bits per heavy atom. The molecule has 19 heavy (non-hydrogen) atoms. The van der Waals surface area contributed by atoms with Gasteiger partial charge in [-0.15, -0.1) is 0 Å². The molecular formula is C11H17N3O4S. The van der Waals surface area contributed by atoms with E-state index in [1.165, 1.54) is 18.3 Å². The number of carbonyl (C=O) groups is 1. The van der Waals surface area contributed by atoms with Gasteiger partial charge in [0, 0.05) is 24.3 Å². The molecule has 0 radical (unpaired) electrons. The van der Waals surface area contributed by atoms with E-state index in [4.69, 9.17) is 0 Å². The molecule has 0 spiro atoms. The first-order chi connectivity index (χ1) is 8.59. The SMILES string of the molecule is CC(C)(CNC(=O)c1ccc(=O)[nH]c1)NS(C)(=O)=O. The molecular weight excluding hydrogens is 270 g/mol. The van der Waals surface area contributed by atoms with Gasteiger partial charge in [0.2, 0.25) is 15.6 Å². The normalized spacial score (nSPS) is 12.2. The molecule has 0 aromatic carbocycles. The number of hydrogen-bond acceptors (Lipinski definition) is 4. The predicted octanol–water partition coefficient (Wildman–Crippen LogP) is -0.567. The quantitative estimate of drug-likeness (QED) is 0.674. The van der Waals surface area contributed by atoms with Crippen LogP contribution in [0.15, 0.2) is 23.1 Å². The Bertz CT molecular complexity index is 599. The molecule has 0 unspecified atom stereocenters. The van der Waals surface area contributed by atoms with Crippen molar-refractivity contribution < 1.29 is 13.2 Å². The average molecular weight is 287 g/mol. The van der Waals surface area contributed by atoms with Gasteiger partial charge in [-0.1, -0.05) is 0 Å². The van der Waals surface area contributed by atoms with Gasteiger partial charge in [-0.05, 0) is 19.9 Å². The number of amides is 1. The Labute approximate surface area is 111 Å². The highest BCUT2D eigenvalue weighted by Gasteiger charge is 2.22. The molecule has 7 nitrogen and oxygen atoms in total. The van der Waals surface area contributed by atoms with Crippen LogP contribution in [-0.2, 0) is 10.0 Å². The lowest BCUT2D eigenvalue weighted by molar-refractivity contribution is 0.0944. The second-order valence-corrected chi connectivity index (χ2v) is 6.63. The van der Waals surface area contributed by atoms with Crippen molar-refractivity contribution in [2.75, 3.05) is 12.8 Å². The molecule has 0 bridgehead atoms. The van der Waals surface area contributed by atoms with Crippen LogP contribution in [0.5, 0.6) is 0 Å². The van der Waals surface area contributed by atoms with Crippen LogP contribution < -0.4 is 15.6 Å². The number of nitrogens with one attached hydrogen (secondary N) is 3. The summed E-state index contributed by atoms with van der Waals surface area (Å²) in [7, 11) is -3.35. The van der Waals surface area contributed by atoms with Crippen LogP contribution in [0.3, 0.4) is 0 Å². The Morgan fingerprint density at radius 3 is 2.47 bits per heavy atom. The molecule has 1 heterocycles. The van der Waals surface area contributed by atoms with Gasteiger partial charge in [-0.2, -0.15) is 0 Å². The zero-order valence-corrected chi connectivity index (χ0v) is 11.8. The van der Waals surface area contributed by atoms with Gasteiger partial charge in [-0.25, -0.2) is 13.1 Å². The van der Waals surface area contributed by atoms with Gasteiger partial charge in [-0.3, -0.25) is 9.59 Å². The summed E-state index contributed by atoms with van der Waals surface area (Å²) in [6, 6.07) is 2.64. The minimum Gasteiger partial charge on any atom is -0.350 e. The van der Waals surface area contributed by atoms with Gasteiger partial charge < -0.3 is 10.3 Å². The van der Waals surface area contributed by atoms with E-state index in [0.29, 0.717) is 5.56 Å². The second kappa shape index (κ2) is 5.54. The van der Waals surface area contributed by atoms with Gasteiger partial charge in [0.05, 0.1) is 11.8 Å². The first-order valence-corrected chi connectivity index (χ1v) is 7.44. The molecule has 1 rings (SSSR count). The predicted molar refractivity (Wildman–Crippen MR) is 71.5 cm³/mol. The Kier molecular flexibility index (Phi) is 4.48. The van der Waals surface area contributed by atoms with Crippen molar-refractivity contribution in [1.82, 2.24) is 15.0 Å². The van der Waals surface area contributed by atoms with Crippen LogP contribution in [0, 0.1) is 0 Å². The third-order valence-corrected chi connectivity index (χ3v) is 3.12. The summed E-state index contributed by atoms with van der Waals surface area (Å²) in [5.74, 6) is -0.389. The zero-order valence-electron chi connectivity index (χ0n) is 11.0. The highest BCUT2D eigenvalue weighted by molar-refractivity contribution is 7.88. The zero-order chi connectivity index (χ0) is 14.7. The largest absolute Gasteiger partial charge is 0.350 e. The first kappa shape index (κ1) is 15.4. The molecule has 0 saturated heterocycles. The van der Waals surface area contributed by atoms with Crippen molar-refractivity contribution in [2.24, 2.45) is 0 Å². The van der Waals surface area contributed by atoms with Crippen molar-refractivity contribution in [2.45, 2.75) is 19.4 Å². The summed E-state index contributed by atoms with van der Waals surface area (Å²) in [4.78, 5) is 25.0. The maximum absolute atomic E-state index is 11.8. The summed E-state index contributed by atoms with van der Waals surface area (Å²) >= 11 is 0. The standard InChI is InChI=1S/C11H17N3O4S/c1-11(2,14-19(3,17)18)7-13-10(16)8-4-5-9(15)12-6-8/h4-6,14H,7H2,1-3H3,(H,12,15)(H,13,16). The summed E-state index contributed by atoms with van der Waals surface area (Å²) in [6.45, 7) is 3.43. The number of H-pyrrole nitrogens is 1. The molecule has 106 valence electrons. The number of carbonyl (C=O) groups excluding carboxylic acids is 1. The molecule has 0 aliphatic rings. The Balaban J connectivity index is 2.64. The van der Waals surface area contributed by atoms with Crippen molar-refractivity contribution in [3.8, 4) is 0 Å². The van der Waals surface area contributed by atoms with Gasteiger partial charge in [0.25, 0.3) is 5.91 Å². The number of sulfonamides is 1.